The van der Waals surface area contributed by atoms with Crippen LogP contribution in [0.3, 0.4) is 0 Å². The number of rotatable bonds is 5. The zero-order chi connectivity index (χ0) is 15.3. The molecule has 0 spiro atoms. The molecule has 116 valence electrons. The van der Waals surface area contributed by atoms with Crippen LogP contribution in [-0.4, -0.2) is 35.1 Å². The van der Waals surface area contributed by atoms with E-state index < -0.39 is 11.6 Å². The highest BCUT2D eigenvalue weighted by molar-refractivity contribution is 5.87. The second-order valence-electron chi connectivity index (χ2n) is 6.57. The lowest BCUT2D eigenvalue weighted by molar-refractivity contribution is -0.130. The zero-order valence-corrected chi connectivity index (χ0v) is 13.0. The molecule has 1 rings (SSSR count). The van der Waals surface area contributed by atoms with Crippen LogP contribution in [0.15, 0.2) is 0 Å². The minimum atomic E-state index is -0.801. The molecule has 0 aromatic heterocycles. The minimum absolute atomic E-state index is 0.0128. The predicted octanol–water partition coefficient (Wildman–Crippen LogP) is 1.20. The summed E-state index contributed by atoms with van der Waals surface area (Å²) < 4.78 is 0. The monoisotopic (exact) mass is 284 g/mol. The van der Waals surface area contributed by atoms with Crippen LogP contribution >= 0.6 is 0 Å². The van der Waals surface area contributed by atoms with Crippen molar-refractivity contribution < 1.29 is 14.7 Å². The molecule has 5 heteroatoms. The molecule has 3 unspecified atom stereocenters. The van der Waals surface area contributed by atoms with Gasteiger partial charge in [-0.25, -0.2) is 0 Å². The topological polar surface area (TPSA) is 78.4 Å². The lowest BCUT2D eigenvalue weighted by atomic mass is 9.79. The van der Waals surface area contributed by atoms with Gasteiger partial charge in [0.05, 0.1) is 5.60 Å². The number of nitrogens with one attached hydrogen (secondary N) is 2. The molecule has 0 aliphatic heterocycles. The van der Waals surface area contributed by atoms with Gasteiger partial charge < -0.3 is 15.7 Å². The highest BCUT2D eigenvalue weighted by Crippen LogP contribution is 2.31. The maximum absolute atomic E-state index is 12.1. The molecule has 2 amide bonds. The maximum Gasteiger partial charge on any atom is 0.242 e. The van der Waals surface area contributed by atoms with Gasteiger partial charge in [0, 0.05) is 13.5 Å². The van der Waals surface area contributed by atoms with Gasteiger partial charge in [-0.05, 0) is 24.7 Å². The first-order valence-electron chi connectivity index (χ1n) is 7.51. The van der Waals surface area contributed by atoms with Gasteiger partial charge in [0.2, 0.25) is 11.8 Å². The number of carbonyl (C=O) groups excluding carboxylic acids is 2. The molecule has 0 aromatic rings. The average Bonchev–Trinajstić information content (AvgIpc) is 2.32. The van der Waals surface area contributed by atoms with E-state index in [9.17, 15) is 14.7 Å². The molecule has 1 aliphatic rings. The van der Waals surface area contributed by atoms with Crippen molar-refractivity contribution in [3.8, 4) is 0 Å². The second kappa shape index (κ2) is 7.07. The van der Waals surface area contributed by atoms with Crippen molar-refractivity contribution >= 4 is 11.8 Å². The summed E-state index contributed by atoms with van der Waals surface area (Å²) >= 11 is 0. The first kappa shape index (κ1) is 17.0. The Balaban J connectivity index is 2.53. The number of carbonyl (C=O) groups is 2. The Labute approximate surface area is 121 Å². The van der Waals surface area contributed by atoms with E-state index in [0.717, 1.165) is 25.7 Å². The van der Waals surface area contributed by atoms with Crippen LogP contribution in [0.25, 0.3) is 0 Å². The Hall–Kier alpha value is -1.10. The van der Waals surface area contributed by atoms with Crippen molar-refractivity contribution in [1.82, 2.24) is 10.6 Å². The highest BCUT2D eigenvalue weighted by atomic mass is 16.3. The fraction of sp³-hybridized carbons (Fsp3) is 0.867. The van der Waals surface area contributed by atoms with E-state index in [2.05, 4.69) is 17.6 Å². The van der Waals surface area contributed by atoms with Gasteiger partial charge in [0.1, 0.15) is 6.04 Å². The van der Waals surface area contributed by atoms with Gasteiger partial charge >= 0.3 is 0 Å². The zero-order valence-electron chi connectivity index (χ0n) is 13.0. The summed E-state index contributed by atoms with van der Waals surface area (Å²) in [5.74, 6) is 0.0615. The van der Waals surface area contributed by atoms with Gasteiger partial charge in [0.15, 0.2) is 0 Å². The Morgan fingerprint density at radius 2 is 2.05 bits per heavy atom. The molecule has 3 atom stereocenters. The van der Waals surface area contributed by atoms with Crippen molar-refractivity contribution in [3.63, 3.8) is 0 Å². The molecule has 0 bridgehead atoms. The lowest BCUT2D eigenvalue weighted by Gasteiger charge is -2.36. The van der Waals surface area contributed by atoms with Crippen molar-refractivity contribution in [1.29, 1.82) is 0 Å². The summed E-state index contributed by atoms with van der Waals surface area (Å²) in [4.78, 5) is 23.3. The molecule has 1 fully saturated rings. The summed E-state index contributed by atoms with van der Waals surface area (Å²) in [6, 6.07) is -0.544. The molecular weight excluding hydrogens is 256 g/mol. The van der Waals surface area contributed by atoms with E-state index in [1.54, 1.807) is 0 Å². The summed E-state index contributed by atoms with van der Waals surface area (Å²) in [5.41, 5.74) is -0.801. The molecule has 0 aromatic carbocycles. The third-order valence-electron chi connectivity index (χ3n) is 3.97. The van der Waals surface area contributed by atoms with Gasteiger partial charge in [-0.15, -0.1) is 0 Å². The SMILES string of the molecule is CC(=O)NC(C(=O)NCC1(O)CCCC(C)C1)C(C)C. The third-order valence-corrected chi connectivity index (χ3v) is 3.97. The van der Waals surface area contributed by atoms with Crippen LogP contribution < -0.4 is 10.6 Å². The molecule has 3 N–H and O–H groups in total. The number of hydrogen-bond acceptors (Lipinski definition) is 3. The molecule has 0 saturated heterocycles. The normalized spacial score (nSPS) is 28.0. The van der Waals surface area contributed by atoms with Crippen LogP contribution in [0.1, 0.15) is 53.4 Å². The minimum Gasteiger partial charge on any atom is -0.388 e. The largest absolute Gasteiger partial charge is 0.388 e. The van der Waals surface area contributed by atoms with Gasteiger partial charge in [-0.3, -0.25) is 9.59 Å². The quantitative estimate of drug-likeness (QED) is 0.710. The van der Waals surface area contributed by atoms with Crippen LogP contribution in [0, 0.1) is 11.8 Å². The summed E-state index contributed by atoms with van der Waals surface area (Å²) in [5, 5.41) is 15.9. The summed E-state index contributed by atoms with van der Waals surface area (Å²) in [6.45, 7) is 7.56. The van der Waals surface area contributed by atoms with Crippen molar-refractivity contribution in [2.75, 3.05) is 6.54 Å². The van der Waals surface area contributed by atoms with Crippen LogP contribution in [0.5, 0.6) is 0 Å². The van der Waals surface area contributed by atoms with E-state index in [1.165, 1.54) is 6.92 Å². The van der Waals surface area contributed by atoms with Crippen molar-refractivity contribution in [2.45, 2.75) is 65.0 Å². The standard InChI is InChI=1S/C15H28N2O3/c1-10(2)13(17-12(4)18)14(19)16-9-15(20)7-5-6-11(3)8-15/h10-11,13,20H,5-9H2,1-4H3,(H,16,19)(H,17,18). The third kappa shape index (κ3) is 5.12. The molecular formula is C15H28N2O3. The molecule has 1 saturated carbocycles. The molecule has 20 heavy (non-hydrogen) atoms. The lowest BCUT2D eigenvalue weighted by Crippen LogP contribution is -2.53. The van der Waals surface area contributed by atoms with Crippen molar-refractivity contribution in [3.05, 3.63) is 0 Å². The number of aliphatic hydroxyl groups is 1. The van der Waals surface area contributed by atoms with E-state index in [-0.39, 0.29) is 24.3 Å². The fourth-order valence-electron chi connectivity index (χ4n) is 2.91. The average molecular weight is 284 g/mol. The molecule has 0 heterocycles. The maximum atomic E-state index is 12.1. The molecule has 1 aliphatic carbocycles. The van der Waals surface area contributed by atoms with E-state index in [4.69, 9.17) is 0 Å². The Morgan fingerprint density at radius 3 is 2.55 bits per heavy atom. The first-order valence-corrected chi connectivity index (χ1v) is 7.51. The molecule has 5 nitrogen and oxygen atoms in total. The van der Waals surface area contributed by atoms with Gasteiger partial charge in [-0.1, -0.05) is 33.6 Å². The Morgan fingerprint density at radius 1 is 1.40 bits per heavy atom. The van der Waals surface area contributed by atoms with Gasteiger partial charge in [0.25, 0.3) is 0 Å². The van der Waals surface area contributed by atoms with E-state index in [1.807, 2.05) is 13.8 Å². The Bertz CT molecular complexity index is 357. The smallest absolute Gasteiger partial charge is 0.242 e. The van der Waals surface area contributed by atoms with Crippen LogP contribution in [0.2, 0.25) is 0 Å². The van der Waals surface area contributed by atoms with Crippen LogP contribution in [0.4, 0.5) is 0 Å². The fourth-order valence-corrected chi connectivity index (χ4v) is 2.91. The first-order chi connectivity index (χ1) is 9.23. The van der Waals surface area contributed by atoms with Crippen LogP contribution in [-0.2, 0) is 9.59 Å². The van der Waals surface area contributed by atoms with Gasteiger partial charge in [-0.2, -0.15) is 0 Å². The summed E-state index contributed by atoms with van der Waals surface area (Å²) in [7, 11) is 0. The summed E-state index contributed by atoms with van der Waals surface area (Å²) in [6.07, 6.45) is 3.58. The van der Waals surface area contributed by atoms with Crippen molar-refractivity contribution in [2.24, 2.45) is 11.8 Å². The number of hydrogen-bond donors (Lipinski definition) is 3. The predicted molar refractivity (Wildman–Crippen MR) is 78.0 cm³/mol. The Kier molecular flexibility index (Phi) is 5.99. The van der Waals surface area contributed by atoms with E-state index in [0.29, 0.717) is 5.92 Å². The number of amides is 2. The molecule has 0 radical (unpaired) electrons. The second-order valence-corrected chi connectivity index (χ2v) is 6.57. The highest BCUT2D eigenvalue weighted by Gasteiger charge is 2.34. The van der Waals surface area contributed by atoms with E-state index >= 15 is 0 Å².